The number of amides is 3. The Morgan fingerprint density at radius 1 is 1.00 bits per heavy atom. The molecule has 1 aromatic carbocycles. The summed E-state index contributed by atoms with van der Waals surface area (Å²) in [7, 11) is -2.96. The van der Waals surface area contributed by atoms with Crippen molar-refractivity contribution in [3.8, 4) is 0 Å². The Kier molecular flexibility index (Phi) is 10.2. The zero-order valence-corrected chi connectivity index (χ0v) is 26.7. The SMILES string of the molecule is COC(=O)[C@@]12C[C@@H]1/C=C\CCCCC[C@H](NC(=O)OC1CCCC1)C(=O)N1C[C@@H](OS(=O)(=O)c3ccc(C)cc3)C[C@H]1C(=O)N2. The fourth-order valence-corrected chi connectivity index (χ4v) is 7.65. The van der Waals surface area contributed by atoms with Crippen LogP contribution in [0.5, 0.6) is 0 Å². The van der Waals surface area contributed by atoms with Crippen molar-refractivity contribution in [3.63, 3.8) is 0 Å². The summed E-state index contributed by atoms with van der Waals surface area (Å²) in [5.74, 6) is -2.01. The number of fused-ring (bicyclic) bond motifs is 2. The molecule has 3 fully saturated rings. The monoisotopic (exact) mass is 645 g/mol. The van der Waals surface area contributed by atoms with Crippen molar-refractivity contribution in [3.05, 3.63) is 42.0 Å². The van der Waals surface area contributed by atoms with E-state index in [0.717, 1.165) is 50.5 Å². The van der Waals surface area contributed by atoms with Crippen molar-refractivity contribution in [2.45, 2.75) is 112 Å². The van der Waals surface area contributed by atoms with Crippen LogP contribution < -0.4 is 10.6 Å². The lowest BCUT2D eigenvalue weighted by Crippen LogP contribution is -2.56. The van der Waals surface area contributed by atoms with Crippen LogP contribution in [0.15, 0.2) is 41.3 Å². The van der Waals surface area contributed by atoms with Crippen molar-refractivity contribution >= 4 is 34.0 Å². The van der Waals surface area contributed by atoms with E-state index in [1.54, 1.807) is 12.1 Å². The van der Waals surface area contributed by atoms with E-state index in [-0.39, 0.29) is 29.9 Å². The number of hydrogen-bond acceptors (Lipinski definition) is 9. The Bertz CT molecular complexity index is 1410. The maximum Gasteiger partial charge on any atom is 0.408 e. The summed E-state index contributed by atoms with van der Waals surface area (Å²) >= 11 is 0. The van der Waals surface area contributed by atoms with Gasteiger partial charge in [0.15, 0.2) is 0 Å². The number of carbonyl (C=O) groups is 4. The van der Waals surface area contributed by atoms with Crippen molar-refractivity contribution in [2.75, 3.05) is 13.7 Å². The zero-order valence-electron chi connectivity index (χ0n) is 25.9. The van der Waals surface area contributed by atoms with Gasteiger partial charge < -0.3 is 25.0 Å². The largest absolute Gasteiger partial charge is 0.467 e. The van der Waals surface area contributed by atoms with E-state index in [0.29, 0.717) is 19.3 Å². The predicted octanol–water partition coefficient (Wildman–Crippen LogP) is 3.28. The van der Waals surface area contributed by atoms with Gasteiger partial charge >= 0.3 is 12.1 Å². The molecule has 0 radical (unpaired) electrons. The number of aryl methyl sites for hydroxylation is 1. The second kappa shape index (κ2) is 13.9. The van der Waals surface area contributed by atoms with Gasteiger partial charge in [0, 0.05) is 18.9 Å². The molecule has 4 aliphatic rings. The number of ether oxygens (including phenoxy) is 2. The van der Waals surface area contributed by atoms with Crippen LogP contribution in [0.25, 0.3) is 0 Å². The molecule has 13 heteroatoms. The minimum Gasteiger partial charge on any atom is -0.467 e. The van der Waals surface area contributed by atoms with Crippen LogP contribution >= 0.6 is 0 Å². The zero-order chi connectivity index (χ0) is 32.2. The molecule has 5 atom stereocenters. The molecule has 5 rings (SSSR count). The fraction of sp³-hybridized carbons (Fsp3) is 0.625. The minimum atomic E-state index is -4.22. The first-order valence-corrected chi connectivity index (χ1v) is 17.3. The van der Waals surface area contributed by atoms with Crippen molar-refractivity contribution in [1.82, 2.24) is 15.5 Å². The van der Waals surface area contributed by atoms with Crippen LogP contribution in [0.4, 0.5) is 4.79 Å². The molecule has 0 bridgehead atoms. The average Bonchev–Trinajstić information content (AvgIpc) is 3.29. The summed E-state index contributed by atoms with van der Waals surface area (Å²) in [4.78, 5) is 55.0. The third-order valence-electron chi connectivity index (χ3n) is 9.23. The molecule has 0 aromatic heterocycles. The molecule has 3 amide bonds. The lowest BCUT2D eigenvalue weighted by Gasteiger charge is -2.29. The van der Waals surface area contributed by atoms with Crippen LogP contribution in [0, 0.1) is 12.8 Å². The summed E-state index contributed by atoms with van der Waals surface area (Å²) in [5, 5.41) is 5.56. The van der Waals surface area contributed by atoms with Crippen molar-refractivity contribution in [1.29, 1.82) is 0 Å². The molecule has 45 heavy (non-hydrogen) atoms. The first-order chi connectivity index (χ1) is 21.5. The molecular weight excluding hydrogens is 602 g/mol. The predicted molar refractivity (Wildman–Crippen MR) is 162 cm³/mol. The Labute approximate surface area is 264 Å². The molecule has 2 aliphatic carbocycles. The lowest BCUT2D eigenvalue weighted by atomic mass is 10.0. The van der Waals surface area contributed by atoms with E-state index in [2.05, 4.69) is 10.6 Å². The maximum atomic E-state index is 14.1. The standard InChI is InChI=1S/C32H43N3O9S/c1-21-14-16-25(17-15-21)45(40,41)44-24-18-27-28(36)34-32(30(38)42-2)19-22(32)10-6-4-3-5-7-13-26(29(37)35(27)20-24)33-31(39)43-23-11-8-9-12-23/h6,10,14-17,22-24,26-27H,3-5,7-9,11-13,18-20H2,1-2H3,(H,33,39)(H,34,36)/b10-6-/t22-,24-,26-,27-,32+/m0/s1. The summed E-state index contributed by atoms with van der Waals surface area (Å²) in [6.07, 6.45) is 9.02. The van der Waals surface area contributed by atoms with E-state index in [4.69, 9.17) is 13.7 Å². The number of benzene rings is 1. The maximum absolute atomic E-state index is 14.1. The molecule has 1 aromatic rings. The summed E-state index contributed by atoms with van der Waals surface area (Å²) in [5.41, 5.74) is -0.395. The van der Waals surface area contributed by atoms with Gasteiger partial charge in [0.2, 0.25) is 11.8 Å². The second-order valence-corrected chi connectivity index (χ2v) is 14.1. The Balaban J connectivity index is 1.41. The Hall–Kier alpha value is -3.45. The molecule has 2 aliphatic heterocycles. The van der Waals surface area contributed by atoms with Crippen LogP contribution in [-0.4, -0.2) is 80.7 Å². The number of alkyl carbamates (subject to hydrolysis) is 1. The van der Waals surface area contributed by atoms with E-state index in [9.17, 15) is 27.6 Å². The van der Waals surface area contributed by atoms with Gasteiger partial charge in [-0.3, -0.25) is 13.8 Å². The van der Waals surface area contributed by atoms with Crippen molar-refractivity contribution in [2.24, 2.45) is 5.92 Å². The van der Waals surface area contributed by atoms with E-state index >= 15 is 0 Å². The number of nitrogens with one attached hydrogen (secondary N) is 2. The smallest absolute Gasteiger partial charge is 0.408 e. The summed E-state index contributed by atoms with van der Waals surface area (Å²) < 4.78 is 42.5. The van der Waals surface area contributed by atoms with Gasteiger partial charge in [0.05, 0.1) is 18.1 Å². The number of nitrogens with zero attached hydrogens (tertiary/aromatic N) is 1. The normalized spacial score (nSPS) is 30.2. The average molecular weight is 646 g/mol. The highest BCUT2D eigenvalue weighted by molar-refractivity contribution is 7.86. The van der Waals surface area contributed by atoms with E-state index < -0.39 is 57.7 Å². The third-order valence-corrected chi connectivity index (χ3v) is 10.6. The Morgan fingerprint density at radius 2 is 1.71 bits per heavy atom. The number of carbonyl (C=O) groups excluding carboxylic acids is 4. The number of esters is 1. The highest BCUT2D eigenvalue weighted by atomic mass is 32.2. The Morgan fingerprint density at radius 3 is 2.42 bits per heavy atom. The van der Waals surface area contributed by atoms with Crippen LogP contribution in [-0.2, 0) is 38.2 Å². The molecule has 0 unspecified atom stereocenters. The molecule has 0 spiro atoms. The summed E-state index contributed by atoms with van der Waals surface area (Å²) in [6.45, 7) is 1.63. The minimum absolute atomic E-state index is 0.0419. The van der Waals surface area contributed by atoms with Gasteiger partial charge in [0.1, 0.15) is 23.7 Å². The molecule has 2 N–H and O–H groups in total. The van der Waals surface area contributed by atoms with Gasteiger partial charge in [-0.15, -0.1) is 0 Å². The van der Waals surface area contributed by atoms with Crippen LogP contribution in [0.2, 0.25) is 0 Å². The van der Waals surface area contributed by atoms with Crippen molar-refractivity contribution < 1.29 is 41.3 Å². The first kappa shape index (κ1) is 32.9. The van der Waals surface area contributed by atoms with Crippen LogP contribution in [0.3, 0.4) is 0 Å². The molecule has 12 nitrogen and oxygen atoms in total. The van der Waals surface area contributed by atoms with Gasteiger partial charge in [0.25, 0.3) is 10.1 Å². The van der Waals surface area contributed by atoms with Gasteiger partial charge in [-0.1, -0.05) is 42.7 Å². The highest BCUT2D eigenvalue weighted by Crippen LogP contribution is 2.46. The first-order valence-electron chi connectivity index (χ1n) is 15.9. The molecular formula is C32H43N3O9S. The molecule has 246 valence electrons. The highest BCUT2D eigenvalue weighted by Gasteiger charge is 2.62. The van der Waals surface area contributed by atoms with Gasteiger partial charge in [-0.2, -0.15) is 8.42 Å². The quantitative estimate of drug-likeness (QED) is 0.269. The molecule has 1 saturated heterocycles. The van der Waals surface area contributed by atoms with Gasteiger partial charge in [-0.25, -0.2) is 9.59 Å². The third kappa shape index (κ3) is 7.69. The topological polar surface area (TPSA) is 157 Å². The second-order valence-electron chi connectivity index (χ2n) is 12.6. The fourth-order valence-electron chi connectivity index (χ4n) is 6.57. The lowest BCUT2D eigenvalue weighted by molar-refractivity contribution is -0.148. The summed E-state index contributed by atoms with van der Waals surface area (Å²) in [6, 6.07) is 4.04. The van der Waals surface area contributed by atoms with Crippen LogP contribution in [0.1, 0.15) is 76.2 Å². The van der Waals surface area contributed by atoms with E-state index in [1.165, 1.54) is 24.1 Å². The number of methoxy groups -OCH3 is 1. The molecule has 2 heterocycles. The number of allylic oxidation sites excluding steroid dienone is 1. The number of rotatable bonds is 6. The van der Waals surface area contributed by atoms with Gasteiger partial charge in [-0.05, 0) is 70.4 Å². The van der Waals surface area contributed by atoms with E-state index in [1.807, 2.05) is 19.1 Å². The number of hydrogen-bond donors (Lipinski definition) is 2. The molecule has 2 saturated carbocycles.